The number of benzene rings is 1. The lowest BCUT2D eigenvalue weighted by atomic mass is 10.1. The number of hydrogen-bond acceptors (Lipinski definition) is 0. The fraction of sp³-hybridized carbons (Fsp3) is 0.200. The van der Waals surface area contributed by atoms with Gasteiger partial charge in [0, 0.05) is 5.02 Å². The smallest absolute Gasteiger partial charge is 0.0554 e. The van der Waals surface area contributed by atoms with Crippen LogP contribution in [0.2, 0.25) is 5.02 Å². The maximum Gasteiger partial charge on any atom is 0.0554 e. The van der Waals surface area contributed by atoms with Gasteiger partial charge in [0.05, 0.1) is 5.38 Å². The van der Waals surface area contributed by atoms with E-state index in [-0.39, 0.29) is 5.38 Å². The molecule has 0 aliphatic carbocycles. The molecule has 1 unspecified atom stereocenters. The van der Waals surface area contributed by atoms with E-state index >= 15 is 0 Å². The van der Waals surface area contributed by atoms with Crippen molar-refractivity contribution in [3.8, 4) is 0 Å². The zero-order chi connectivity index (χ0) is 8.97. The molecule has 64 valence electrons. The third kappa shape index (κ3) is 2.54. The van der Waals surface area contributed by atoms with Crippen molar-refractivity contribution in [2.45, 2.75) is 11.8 Å². The molecule has 0 saturated heterocycles. The Bertz CT molecular complexity index is 268. The summed E-state index contributed by atoms with van der Waals surface area (Å²) in [4.78, 5) is 0. The highest BCUT2D eigenvalue weighted by atomic mass is 35.5. The van der Waals surface area contributed by atoms with Gasteiger partial charge in [-0.2, -0.15) is 0 Å². The van der Waals surface area contributed by atoms with Gasteiger partial charge in [-0.25, -0.2) is 0 Å². The van der Waals surface area contributed by atoms with Gasteiger partial charge in [-0.3, -0.25) is 0 Å². The number of alkyl halides is 1. The maximum absolute atomic E-state index is 5.93. The molecule has 0 saturated carbocycles. The average molecular weight is 201 g/mol. The molecule has 0 radical (unpaired) electrons. The quantitative estimate of drug-likeness (QED) is 0.516. The Balaban J connectivity index is 2.75. The van der Waals surface area contributed by atoms with Gasteiger partial charge in [-0.05, 0) is 18.1 Å². The van der Waals surface area contributed by atoms with E-state index in [2.05, 4.69) is 6.58 Å². The van der Waals surface area contributed by atoms with Gasteiger partial charge < -0.3 is 0 Å². The molecule has 0 aromatic heterocycles. The Morgan fingerprint density at radius 1 is 1.42 bits per heavy atom. The molecule has 0 fully saturated rings. The lowest BCUT2D eigenvalue weighted by molar-refractivity contribution is 1.01. The Morgan fingerprint density at radius 3 is 2.67 bits per heavy atom. The minimum absolute atomic E-state index is 0.0371. The van der Waals surface area contributed by atoms with Crippen LogP contribution in [0.1, 0.15) is 5.56 Å². The fourth-order valence-electron chi connectivity index (χ4n) is 0.957. The van der Waals surface area contributed by atoms with Gasteiger partial charge in [0.1, 0.15) is 0 Å². The molecule has 0 spiro atoms. The predicted molar refractivity (Wildman–Crippen MR) is 55.0 cm³/mol. The third-order valence-electron chi connectivity index (χ3n) is 1.63. The second kappa shape index (κ2) is 4.54. The van der Waals surface area contributed by atoms with Gasteiger partial charge in [0.25, 0.3) is 0 Å². The summed E-state index contributed by atoms with van der Waals surface area (Å²) in [6.45, 7) is 3.61. The minimum Gasteiger partial charge on any atom is -0.118 e. The van der Waals surface area contributed by atoms with Crippen molar-refractivity contribution in [3.63, 3.8) is 0 Å². The van der Waals surface area contributed by atoms with Crippen molar-refractivity contribution in [1.29, 1.82) is 0 Å². The molecule has 0 aliphatic rings. The minimum atomic E-state index is -0.0371. The first-order valence-electron chi connectivity index (χ1n) is 3.74. The molecule has 1 atom stereocenters. The van der Waals surface area contributed by atoms with Crippen molar-refractivity contribution in [1.82, 2.24) is 0 Å². The number of halogens is 2. The summed E-state index contributed by atoms with van der Waals surface area (Å²) >= 11 is 11.8. The lowest BCUT2D eigenvalue weighted by Gasteiger charge is -2.05. The first-order valence-corrected chi connectivity index (χ1v) is 4.55. The van der Waals surface area contributed by atoms with Crippen LogP contribution in [0.15, 0.2) is 36.9 Å². The SMILES string of the molecule is C=CC(Cl)Cc1ccccc1Cl. The van der Waals surface area contributed by atoms with E-state index in [0.29, 0.717) is 0 Å². The lowest BCUT2D eigenvalue weighted by Crippen LogP contribution is -1.98. The van der Waals surface area contributed by atoms with E-state index in [1.54, 1.807) is 6.08 Å². The number of allylic oxidation sites excluding steroid dienone is 1. The van der Waals surface area contributed by atoms with E-state index in [1.165, 1.54) is 0 Å². The zero-order valence-electron chi connectivity index (χ0n) is 6.63. The maximum atomic E-state index is 5.93. The number of hydrogen-bond donors (Lipinski definition) is 0. The van der Waals surface area contributed by atoms with Crippen molar-refractivity contribution in [2.24, 2.45) is 0 Å². The summed E-state index contributed by atoms with van der Waals surface area (Å²) in [5.41, 5.74) is 1.07. The van der Waals surface area contributed by atoms with Crippen LogP contribution in [0.25, 0.3) is 0 Å². The summed E-state index contributed by atoms with van der Waals surface area (Å²) in [5.74, 6) is 0. The standard InChI is InChI=1S/C10H10Cl2/c1-2-9(11)7-8-5-3-4-6-10(8)12/h2-6,9H,1,7H2. The second-order valence-corrected chi connectivity index (χ2v) is 3.52. The third-order valence-corrected chi connectivity index (χ3v) is 2.33. The molecule has 1 rings (SSSR count). The Morgan fingerprint density at radius 2 is 2.08 bits per heavy atom. The summed E-state index contributed by atoms with van der Waals surface area (Å²) in [5, 5.41) is 0.731. The van der Waals surface area contributed by atoms with Crippen LogP contribution >= 0.6 is 23.2 Å². The molecule has 0 nitrogen and oxygen atoms in total. The highest BCUT2D eigenvalue weighted by molar-refractivity contribution is 6.31. The van der Waals surface area contributed by atoms with Crippen molar-refractivity contribution >= 4 is 23.2 Å². The highest BCUT2D eigenvalue weighted by Gasteiger charge is 2.03. The first kappa shape index (κ1) is 9.63. The Kier molecular flexibility index (Phi) is 3.64. The molecular formula is C10H10Cl2. The Hall–Kier alpha value is -0.460. The summed E-state index contributed by atoms with van der Waals surface area (Å²) in [6, 6.07) is 7.70. The van der Waals surface area contributed by atoms with Gasteiger partial charge >= 0.3 is 0 Å². The van der Waals surface area contributed by atoms with Crippen LogP contribution in [0, 0.1) is 0 Å². The molecule has 2 heteroatoms. The van der Waals surface area contributed by atoms with Gasteiger partial charge in [-0.15, -0.1) is 18.2 Å². The predicted octanol–water partition coefficient (Wildman–Crippen LogP) is 3.68. The van der Waals surface area contributed by atoms with Crippen LogP contribution in [-0.4, -0.2) is 5.38 Å². The highest BCUT2D eigenvalue weighted by Crippen LogP contribution is 2.18. The first-order chi connectivity index (χ1) is 5.74. The summed E-state index contributed by atoms with van der Waals surface area (Å²) < 4.78 is 0. The second-order valence-electron chi connectivity index (χ2n) is 2.55. The summed E-state index contributed by atoms with van der Waals surface area (Å²) in [7, 11) is 0. The van der Waals surface area contributed by atoms with E-state index in [0.717, 1.165) is 17.0 Å². The van der Waals surface area contributed by atoms with Gasteiger partial charge in [0.15, 0.2) is 0 Å². The molecule has 0 heterocycles. The van der Waals surface area contributed by atoms with Crippen molar-refractivity contribution < 1.29 is 0 Å². The molecule has 0 aliphatic heterocycles. The normalized spacial score (nSPS) is 12.5. The van der Waals surface area contributed by atoms with Crippen LogP contribution in [0.3, 0.4) is 0 Å². The largest absolute Gasteiger partial charge is 0.118 e. The van der Waals surface area contributed by atoms with Crippen LogP contribution in [0.4, 0.5) is 0 Å². The zero-order valence-corrected chi connectivity index (χ0v) is 8.15. The van der Waals surface area contributed by atoms with Gasteiger partial charge in [-0.1, -0.05) is 35.9 Å². The van der Waals surface area contributed by atoms with E-state index < -0.39 is 0 Å². The van der Waals surface area contributed by atoms with E-state index in [9.17, 15) is 0 Å². The van der Waals surface area contributed by atoms with Crippen LogP contribution < -0.4 is 0 Å². The molecule has 0 N–H and O–H groups in total. The van der Waals surface area contributed by atoms with Crippen LogP contribution in [-0.2, 0) is 6.42 Å². The molecule has 0 amide bonds. The molecular weight excluding hydrogens is 191 g/mol. The number of rotatable bonds is 3. The average Bonchev–Trinajstić information content (AvgIpc) is 2.09. The molecule has 1 aromatic carbocycles. The molecule has 1 aromatic rings. The fourth-order valence-corrected chi connectivity index (χ4v) is 1.34. The van der Waals surface area contributed by atoms with Crippen molar-refractivity contribution in [3.05, 3.63) is 47.5 Å². The van der Waals surface area contributed by atoms with E-state index in [4.69, 9.17) is 23.2 Å². The molecule has 12 heavy (non-hydrogen) atoms. The van der Waals surface area contributed by atoms with Crippen LogP contribution in [0.5, 0.6) is 0 Å². The Labute approximate surface area is 82.8 Å². The van der Waals surface area contributed by atoms with Gasteiger partial charge in [0.2, 0.25) is 0 Å². The summed E-state index contributed by atoms with van der Waals surface area (Å²) in [6.07, 6.45) is 2.45. The van der Waals surface area contributed by atoms with Crippen molar-refractivity contribution in [2.75, 3.05) is 0 Å². The molecule has 0 bridgehead atoms. The van der Waals surface area contributed by atoms with E-state index in [1.807, 2.05) is 24.3 Å². The monoisotopic (exact) mass is 200 g/mol. The topological polar surface area (TPSA) is 0 Å².